The first-order chi connectivity index (χ1) is 10.7. The van der Waals surface area contributed by atoms with Crippen LogP contribution in [0.4, 0.5) is 5.69 Å². The van der Waals surface area contributed by atoms with Crippen LogP contribution in [0, 0.1) is 10.1 Å². The first-order valence-electron chi connectivity index (χ1n) is 6.44. The smallest absolute Gasteiger partial charge is 0.283 e. The van der Waals surface area contributed by atoms with Crippen molar-refractivity contribution in [3.05, 3.63) is 50.3 Å². The molecule has 0 aliphatic heterocycles. The molecule has 1 unspecified atom stereocenters. The number of Topliss-reactive ketones (excluding diaryl/α,β-unsaturated/α-hetero) is 1. The van der Waals surface area contributed by atoms with Crippen LogP contribution in [-0.4, -0.2) is 31.0 Å². The van der Waals surface area contributed by atoms with Crippen LogP contribution in [0.25, 0.3) is 11.3 Å². The fourth-order valence-corrected chi connectivity index (χ4v) is 3.05. The van der Waals surface area contributed by atoms with Gasteiger partial charge in [-0.3, -0.25) is 23.9 Å². The Morgan fingerprint density at radius 2 is 1.87 bits per heavy atom. The van der Waals surface area contributed by atoms with Gasteiger partial charge in [0.1, 0.15) is 10.6 Å². The van der Waals surface area contributed by atoms with Crippen molar-refractivity contribution < 1.29 is 13.9 Å². The van der Waals surface area contributed by atoms with Gasteiger partial charge in [0.15, 0.2) is 5.78 Å². The lowest BCUT2D eigenvalue weighted by Gasteiger charge is -2.12. The number of benzene rings is 1. The lowest BCUT2D eigenvalue weighted by Crippen LogP contribution is -2.28. The maximum absolute atomic E-state index is 12.1. The molecule has 23 heavy (non-hydrogen) atoms. The van der Waals surface area contributed by atoms with E-state index in [4.69, 9.17) is 0 Å². The Labute approximate surface area is 133 Å². The first kappa shape index (κ1) is 16.7. The van der Waals surface area contributed by atoms with E-state index >= 15 is 0 Å². The molecule has 9 heteroatoms. The summed E-state index contributed by atoms with van der Waals surface area (Å²) in [5.41, 5.74) is -0.158. The van der Waals surface area contributed by atoms with E-state index in [2.05, 4.69) is 5.10 Å². The summed E-state index contributed by atoms with van der Waals surface area (Å²) in [5, 5.41) is 14.8. The zero-order valence-electron chi connectivity index (χ0n) is 12.6. The standard InChI is InChI=1S/C14H13N3O5S/c1-8(18)11-12(9-4-6-10(7-5-9)17(20)21)15-16(2)14(19)13(11)23(3)22/h4-7H,1-3H3. The van der Waals surface area contributed by atoms with E-state index < -0.39 is 27.1 Å². The average Bonchev–Trinajstić information content (AvgIpc) is 2.48. The van der Waals surface area contributed by atoms with E-state index in [-0.39, 0.29) is 21.8 Å². The predicted molar refractivity (Wildman–Crippen MR) is 83.9 cm³/mol. The Bertz CT molecular complexity index is 887. The number of carbonyl (C=O) groups is 1. The molecule has 1 atom stereocenters. The number of ketones is 1. The Morgan fingerprint density at radius 3 is 2.30 bits per heavy atom. The number of non-ortho nitro benzene ring substituents is 1. The molecular weight excluding hydrogens is 322 g/mol. The van der Waals surface area contributed by atoms with Crippen LogP contribution in [0.1, 0.15) is 17.3 Å². The van der Waals surface area contributed by atoms with Crippen LogP contribution in [0.3, 0.4) is 0 Å². The Kier molecular flexibility index (Phi) is 4.50. The molecule has 120 valence electrons. The molecule has 0 saturated carbocycles. The lowest BCUT2D eigenvalue weighted by molar-refractivity contribution is -0.384. The van der Waals surface area contributed by atoms with Crippen molar-refractivity contribution in [1.29, 1.82) is 0 Å². The van der Waals surface area contributed by atoms with Crippen molar-refractivity contribution in [2.24, 2.45) is 7.05 Å². The zero-order valence-corrected chi connectivity index (χ0v) is 13.4. The molecule has 1 aromatic carbocycles. The van der Waals surface area contributed by atoms with Crippen molar-refractivity contribution in [3.63, 3.8) is 0 Å². The Morgan fingerprint density at radius 1 is 1.30 bits per heavy atom. The van der Waals surface area contributed by atoms with Crippen molar-refractivity contribution >= 4 is 22.3 Å². The molecule has 0 N–H and O–H groups in total. The van der Waals surface area contributed by atoms with Gasteiger partial charge in [-0.2, -0.15) is 5.10 Å². The van der Waals surface area contributed by atoms with E-state index in [1.165, 1.54) is 44.5 Å². The number of nitro benzene ring substituents is 1. The minimum atomic E-state index is -1.68. The molecule has 0 radical (unpaired) electrons. The highest BCUT2D eigenvalue weighted by Crippen LogP contribution is 2.26. The van der Waals surface area contributed by atoms with Crippen LogP contribution in [0.15, 0.2) is 34.0 Å². The summed E-state index contributed by atoms with van der Waals surface area (Å²) in [6, 6.07) is 5.41. The lowest BCUT2D eigenvalue weighted by atomic mass is 10.0. The van der Waals surface area contributed by atoms with Gasteiger partial charge in [0, 0.05) is 31.0 Å². The second-order valence-corrected chi connectivity index (χ2v) is 6.11. The minimum absolute atomic E-state index is 0.0252. The van der Waals surface area contributed by atoms with E-state index in [1.807, 2.05) is 0 Å². The number of rotatable bonds is 4. The van der Waals surface area contributed by atoms with E-state index in [0.717, 1.165) is 4.68 Å². The van der Waals surface area contributed by atoms with E-state index in [9.17, 15) is 23.9 Å². The van der Waals surface area contributed by atoms with Crippen LogP contribution >= 0.6 is 0 Å². The van der Waals surface area contributed by atoms with Crippen LogP contribution in [-0.2, 0) is 17.8 Å². The number of aryl methyl sites for hydroxylation is 1. The SMILES string of the molecule is CC(=O)c1c(-c2ccc([N+](=O)[O-])cc2)nn(C)c(=O)c1S(C)=O. The quantitative estimate of drug-likeness (QED) is 0.473. The molecule has 0 aliphatic rings. The third-order valence-electron chi connectivity index (χ3n) is 3.19. The third-order valence-corrected chi connectivity index (χ3v) is 4.15. The van der Waals surface area contributed by atoms with Gasteiger partial charge >= 0.3 is 0 Å². The Hall–Kier alpha value is -2.68. The zero-order chi connectivity index (χ0) is 17.3. The maximum atomic E-state index is 12.1. The van der Waals surface area contributed by atoms with Crippen LogP contribution in [0.2, 0.25) is 0 Å². The first-order valence-corrected chi connectivity index (χ1v) is 8.00. The molecular formula is C14H13N3O5S. The second-order valence-electron chi connectivity index (χ2n) is 4.80. The molecule has 0 amide bonds. The van der Waals surface area contributed by atoms with E-state index in [0.29, 0.717) is 5.56 Å². The number of hydrogen-bond acceptors (Lipinski definition) is 6. The van der Waals surface area contributed by atoms with Crippen LogP contribution < -0.4 is 5.56 Å². The average molecular weight is 335 g/mol. The Balaban J connectivity index is 2.81. The molecule has 0 spiro atoms. The number of nitro groups is 1. The largest absolute Gasteiger partial charge is 0.294 e. The molecule has 0 bridgehead atoms. The number of hydrogen-bond donors (Lipinski definition) is 0. The molecule has 1 aromatic heterocycles. The maximum Gasteiger partial charge on any atom is 0.283 e. The molecule has 0 aliphatic carbocycles. The summed E-state index contributed by atoms with van der Waals surface area (Å²) >= 11 is 0. The van der Waals surface area contributed by atoms with Gasteiger partial charge in [-0.05, 0) is 19.1 Å². The van der Waals surface area contributed by atoms with Gasteiger partial charge in [0.2, 0.25) is 0 Å². The van der Waals surface area contributed by atoms with Crippen molar-refractivity contribution in [3.8, 4) is 11.3 Å². The van der Waals surface area contributed by atoms with E-state index in [1.54, 1.807) is 0 Å². The van der Waals surface area contributed by atoms with Crippen molar-refractivity contribution in [2.45, 2.75) is 11.8 Å². The molecule has 0 saturated heterocycles. The molecule has 2 rings (SSSR count). The summed E-state index contributed by atoms with van der Waals surface area (Å²) in [6.45, 7) is 1.25. The fraction of sp³-hybridized carbons (Fsp3) is 0.214. The van der Waals surface area contributed by atoms with Gasteiger partial charge in [-0.15, -0.1) is 0 Å². The fourth-order valence-electron chi connectivity index (χ4n) is 2.14. The van der Waals surface area contributed by atoms with Gasteiger partial charge in [-0.25, -0.2) is 4.68 Å². The highest BCUT2D eigenvalue weighted by Gasteiger charge is 2.23. The predicted octanol–water partition coefficient (Wildman–Crippen LogP) is 1.30. The van der Waals surface area contributed by atoms with Gasteiger partial charge in [0.05, 0.1) is 21.3 Å². The molecule has 1 heterocycles. The molecule has 2 aromatic rings. The minimum Gasteiger partial charge on any atom is -0.294 e. The summed E-state index contributed by atoms with van der Waals surface area (Å²) in [5.74, 6) is -0.450. The van der Waals surface area contributed by atoms with Gasteiger partial charge in [0.25, 0.3) is 11.2 Å². The molecule has 8 nitrogen and oxygen atoms in total. The third kappa shape index (κ3) is 3.09. The summed E-state index contributed by atoms with van der Waals surface area (Å²) in [4.78, 5) is 34.2. The van der Waals surface area contributed by atoms with Crippen LogP contribution in [0.5, 0.6) is 0 Å². The summed E-state index contributed by atoms with van der Waals surface area (Å²) < 4.78 is 12.9. The number of nitrogens with zero attached hydrogens (tertiary/aromatic N) is 3. The topological polar surface area (TPSA) is 112 Å². The molecule has 0 fully saturated rings. The summed E-state index contributed by atoms with van der Waals surface area (Å²) in [7, 11) is -0.295. The van der Waals surface area contributed by atoms with Crippen molar-refractivity contribution in [1.82, 2.24) is 9.78 Å². The highest BCUT2D eigenvalue weighted by molar-refractivity contribution is 7.84. The van der Waals surface area contributed by atoms with Gasteiger partial charge in [-0.1, -0.05) is 0 Å². The number of carbonyl (C=O) groups excluding carboxylic acids is 1. The van der Waals surface area contributed by atoms with Gasteiger partial charge < -0.3 is 0 Å². The normalized spacial score (nSPS) is 12.0. The monoisotopic (exact) mass is 335 g/mol. The second kappa shape index (κ2) is 6.21. The number of aromatic nitrogens is 2. The van der Waals surface area contributed by atoms with Crippen molar-refractivity contribution in [2.75, 3.05) is 6.26 Å². The highest BCUT2D eigenvalue weighted by atomic mass is 32.2. The summed E-state index contributed by atoms with van der Waals surface area (Å²) in [6.07, 6.45) is 1.31.